The highest BCUT2D eigenvalue weighted by Gasteiger charge is 2.27. The lowest BCUT2D eigenvalue weighted by molar-refractivity contribution is 0.0880. The largest absolute Gasteiger partial charge is 0.348 e. The lowest BCUT2D eigenvalue weighted by Crippen LogP contribution is -2.48. The molecule has 1 aromatic heterocycles. The first-order valence-electron chi connectivity index (χ1n) is 11.3. The molecule has 1 fully saturated rings. The molecule has 3 atom stereocenters. The van der Waals surface area contributed by atoms with Gasteiger partial charge in [0, 0.05) is 42.1 Å². The average Bonchev–Trinajstić information content (AvgIpc) is 3.28. The van der Waals surface area contributed by atoms with Gasteiger partial charge >= 0.3 is 0 Å². The van der Waals surface area contributed by atoms with Crippen molar-refractivity contribution in [2.75, 3.05) is 18.5 Å². The minimum atomic E-state index is -0.00704. The number of nitrogens with one attached hydrogen (secondary N) is 3. The summed E-state index contributed by atoms with van der Waals surface area (Å²) in [6, 6.07) is 20.9. The van der Waals surface area contributed by atoms with Gasteiger partial charge in [-0.1, -0.05) is 30.3 Å². The fourth-order valence-electron chi connectivity index (χ4n) is 4.79. The van der Waals surface area contributed by atoms with Crippen molar-refractivity contribution in [3.8, 4) is 0 Å². The molecular weight excluding hydrogens is 398 g/mol. The molecule has 2 unspecified atom stereocenters. The fraction of sp³-hybridized carbons (Fsp3) is 0.308. The van der Waals surface area contributed by atoms with Crippen LogP contribution in [0.1, 0.15) is 58.9 Å². The van der Waals surface area contributed by atoms with Crippen LogP contribution < -0.4 is 16.2 Å². The van der Waals surface area contributed by atoms with Crippen molar-refractivity contribution < 1.29 is 4.79 Å². The Kier molecular flexibility index (Phi) is 5.88. The van der Waals surface area contributed by atoms with E-state index in [0.717, 1.165) is 42.7 Å². The molecule has 2 aliphatic heterocycles. The molecule has 164 valence electrons. The molecule has 0 aliphatic carbocycles. The highest BCUT2D eigenvalue weighted by atomic mass is 16.1. The Morgan fingerprint density at radius 3 is 2.75 bits per heavy atom. The number of carbonyl (C=O) groups is 1. The van der Waals surface area contributed by atoms with Crippen LogP contribution in [0.15, 0.2) is 73.1 Å². The number of benzene rings is 2. The molecule has 3 aromatic rings. The molecule has 2 aromatic carbocycles. The Hall–Kier alpha value is -3.22. The maximum absolute atomic E-state index is 13.1. The summed E-state index contributed by atoms with van der Waals surface area (Å²) < 4.78 is 0. The standard InChI is InChI=1S/C26H29N5O/c1-18(19-6-3-2-4-7-19)31-15-5-8-22(17-31)28-26(32)21-9-10-24-23(16-21)25(30-29-24)20-11-13-27-14-12-20/h2-4,6-7,9-14,16,18,22,25,29-30H,5,8,15,17H2,1H3,(H,28,32)/t18?,22-,25?/m1/s1. The lowest BCUT2D eigenvalue weighted by Gasteiger charge is -2.37. The van der Waals surface area contributed by atoms with Crippen LogP contribution in [-0.4, -0.2) is 34.9 Å². The SMILES string of the molecule is CC(c1ccccc1)N1CCC[C@@H](NC(=O)c2ccc3c(c2)C(c2ccncc2)NN3)C1. The maximum atomic E-state index is 13.1. The molecule has 0 bridgehead atoms. The van der Waals surface area contributed by atoms with Crippen molar-refractivity contribution in [2.45, 2.75) is 37.9 Å². The number of hydrogen-bond donors (Lipinski definition) is 3. The number of piperidine rings is 1. The first-order valence-corrected chi connectivity index (χ1v) is 11.3. The van der Waals surface area contributed by atoms with E-state index in [9.17, 15) is 4.79 Å². The Labute approximate surface area is 189 Å². The number of likely N-dealkylation sites (tertiary alicyclic amines) is 1. The highest BCUT2D eigenvalue weighted by Crippen LogP contribution is 2.33. The van der Waals surface area contributed by atoms with Gasteiger partial charge < -0.3 is 10.7 Å². The quantitative estimate of drug-likeness (QED) is 0.573. The van der Waals surface area contributed by atoms with Crippen LogP contribution in [0.25, 0.3) is 0 Å². The number of aromatic nitrogens is 1. The first-order chi connectivity index (χ1) is 15.7. The third kappa shape index (κ3) is 4.24. The third-order valence-corrected chi connectivity index (χ3v) is 6.63. The van der Waals surface area contributed by atoms with Crippen molar-refractivity contribution in [3.63, 3.8) is 0 Å². The van der Waals surface area contributed by atoms with Gasteiger partial charge in [-0.15, -0.1) is 0 Å². The molecular formula is C26H29N5O. The fourth-order valence-corrected chi connectivity index (χ4v) is 4.79. The second kappa shape index (κ2) is 9.10. The first kappa shape index (κ1) is 20.7. The van der Waals surface area contributed by atoms with Gasteiger partial charge in [-0.25, -0.2) is 5.43 Å². The van der Waals surface area contributed by atoms with Crippen LogP contribution in [-0.2, 0) is 0 Å². The van der Waals surface area contributed by atoms with E-state index in [1.165, 1.54) is 5.56 Å². The summed E-state index contributed by atoms with van der Waals surface area (Å²) in [5.74, 6) is -0.00704. The van der Waals surface area contributed by atoms with Gasteiger partial charge in [0.1, 0.15) is 0 Å². The van der Waals surface area contributed by atoms with Crippen molar-refractivity contribution in [1.82, 2.24) is 20.6 Å². The van der Waals surface area contributed by atoms with E-state index in [-0.39, 0.29) is 18.0 Å². The molecule has 3 N–H and O–H groups in total. The molecule has 0 spiro atoms. The molecule has 0 saturated carbocycles. The molecule has 6 heteroatoms. The predicted molar refractivity (Wildman–Crippen MR) is 126 cm³/mol. The molecule has 2 aliphatic rings. The Bertz CT molecular complexity index is 1070. The van der Waals surface area contributed by atoms with E-state index in [4.69, 9.17) is 0 Å². The highest BCUT2D eigenvalue weighted by molar-refractivity contribution is 5.95. The topological polar surface area (TPSA) is 69.3 Å². The molecule has 1 amide bonds. The van der Waals surface area contributed by atoms with Crippen molar-refractivity contribution in [1.29, 1.82) is 0 Å². The number of rotatable bonds is 5. The number of anilines is 1. The Morgan fingerprint density at radius 1 is 1.12 bits per heavy atom. The van der Waals surface area contributed by atoms with E-state index >= 15 is 0 Å². The molecule has 32 heavy (non-hydrogen) atoms. The molecule has 0 radical (unpaired) electrons. The van der Waals surface area contributed by atoms with E-state index in [2.05, 4.69) is 63.3 Å². The van der Waals surface area contributed by atoms with E-state index < -0.39 is 0 Å². The molecule has 5 rings (SSSR count). The molecule has 3 heterocycles. The molecule has 1 saturated heterocycles. The van der Waals surface area contributed by atoms with Crippen LogP contribution in [0.5, 0.6) is 0 Å². The summed E-state index contributed by atoms with van der Waals surface area (Å²) in [6.07, 6.45) is 5.68. The Morgan fingerprint density at radius 2 is 1.94 bits per heavy atom. The van der Waals surface area contributed by atoms with Gasteiger partial charge in [0.2, 0.25) is 0 Å². The van der Waals surface area contributed by atoms with Crippen LogP contribution in [0.4, 0.5) is 5.69 Å². The summed E-state index contributed by atoms with van der Waals surface area (Å²) in [5, 5.41) is 3.29. The van der Waals surface area contributed by atoms with Crippen LogP contribution in [0.2, 0.25) is 0 Å². The zero-order valence-electron chi connectivity index (χ0n) is 18.3. The second-order valence-electron chi connectivity index (χ2n) is 8.68. The van der Waals surface area contributed by atoms with E-state index in [0.29, 0.717) is 11.6 Å². The van der Waals surface area contributed by atoms with Crippen LogP contribution in [0, 0.1) is 0 Å². The normalized spacial score (nSPS) is 21.4. The summed E-state index contributed by atoms with van der Waals surface area (Å²) in [5.41, 5.74) is 11.7. The second-order valence-corrected chi connectivity index (χ2v) is 8.68. The average molecular weight is 428 g/mol. The summed E-state index contributed by atoms with van der Waals surface area (Å²) in [7, 11) is 0. The van der Waals surface area contributed by atoms with Gasteiger partial charge in [-0.2, -0.15) is 0 Å². The number of hydrogen-bond acceptors (Lipinski definition) is 5. The minimum absolute atomic E-state index is 0.00218. The molecule has 6 nitrogen and oxygen atoms in total. The van der Waals surface area contributed by atoms with Crippen LogP contribution >= 0.6 is 0 Å². The van der Waals surface area contributed by atoms with Crippen molar-refractivity contribution in [2.24, 2.45) is 0 Å². The van der Waals surface area contributed by atoms with Crippen LogP contribution in [0.3, 0.4) is 0 Å². The number of pyridine rings is 1. The number of nitrogens with zero attached hydrogens (tertiary/aromatic N) is 2. The third-order valence-electron chi connectivity index (χ3n) is 6.63. The van der Waals surface area contributed by atoms with Gasteiger partial charge in [-0.05, 0) is 67.8 Å². The summed E-state index contributed by atoms with van der Waals surface area (Å²) in [4.78, 5) is 19.7. The zero-order chi connectivity index (χ0) is 21.9. The van der Waals surface area contributed by atoms with E-state index in [1.54, 1.807) is 12.4 Å². The smallest absolute Gasteiger partial charge is 0.251 e. The van der Waals surface area contributed by atoms with Gasteiger partial charge in [-0.3, -0.25) is 14.7 Å². The zero-order valence-corrected chi connectivity index (χ0v) is 18.3. The monoisotopic (exact) mass is 427 g/mol. The minimum Gasteiger partial charge on any atom is -0.348 e. The summed E-state index contributed by atoms with van der Waals surface area (Å²) in [6.45, 7) is 4.18. The maximum Gasteiger partial charge on any atom is 0.251 e. The van der Waals surface area contributed by atoms with Gasteiger partial charge in [0.25, 0.3) is 5.91 Å². The number of hydrazine groups is 1. The lowest BCUT2D eigenvalue weighted by atomic mass is 9.97. The van der Waals surface area contributed by atoms with Gasteiger partial charge in [0.15, 0.2) is 0 Å². The number of amides is 1. The number of fused-ring (bicyclic) bond motifs is 1. The van der Waals surface area contributed by atoms with E-state index in [1.807, 2.05) is 30.3 Å². The van der Waals surface area contributed by atoms with Gasteiger partial charge in [0.05, 0.1) is 11.7 Å². The number of carbonyl (C=O) groups excluding carboxylic acids is 1. The van der Waals surface area contributed by atoms with Crippen molar-refractivity contribution >= 4 is 11.6 Å². The van der Waals surface area contributed by atoms with Crippen molar-refractivity contribution in [3.05, 3.63) is 95.3 Å². The summed E-state index contributed by atoms with van der Waals surface area (Å²) >= 11 is 0. The Balaban J connectivity index is 1.27. The predicted octanol–water partition coefficient (Wildman–Crippen LogP) is 4.06.